The SMILES string of the molecule is COc1ccc(C2=NN(C(=O)C[NH+]3CCCCCCC3)[C@H](c3ccco3)C2)cc1. The van der Waals surface area contributed by atoms with Gasteiger partial charge in [0.2, 0.25) is 0 Å². The second kappa shape index (κ2) is 9.27. The first-order valence-electron chi connectivity index (χ1n) is 10.7. The van der Waals surface area contributed by atoms with E-state index in [4.69, 9.17) is 14.3 Å². The molecule has 1 amide bonds. The van der Waals surface area contributed by atoms with Gasteiger partial charge in [0.05, 0.1) is 32.2 Å². The zero-order valence-corrected chi connectivity index (χ0v) is 17.1. The van der Waals surface area contributed by atoms with Gasteiger partial charge in [0, 0.05) is 6.42 Å². The number of carbonyl (C=O) groups excluding carboxylic acids is 1. The minimum atomic E-state index is -0.177. The van der Waals surface area contributed by atoms with Crippen molar-refractivity contribution in [2.45, 2.75) is 44.6 Å². The molecule has 0 saturated carbocycles. The highest BCUT2D eigenvalue weighted by atomic mass is 16.5. The monoisotopic (exact) mass is 396 g/mol. The number of ether oxygens (including phenoxy) is 1. The topological polar surface area (TPSA) is 59.5 Å². The third-order valence-electron chi connectivity index (χ3n) is 5.92. The summed E-state index contributed by atoms with van der Waals surface area (Å²) in [5, 5.41) is 6.40. The molecule has 1 aromatic carbocycles. The molecule has 0 unspecified atom stereocenters. The van der Waals surface area contributed by atoms with Gasteiger partial charge in [-0.25, -0.2) is 5.01 Å². The lowest BCUT2D eigenvalue weighted by Crippen LogP contribution is -3.13. The van der Waals surface area contributed by atoms with E-state index in [9.17, 15) is 4.79 Å². The number of hydrogen-bond acceptors (Lipinski definition) is 4. The molecular weight excluding hydrogens is 366 g/mol. The van der Waals surface area contributed by atoms with Crippen LogP contribution in [-0.4, -0.2) is 43.4 Å². The van der Waals surface area contributed by atoms with Crippen molar-refractivity contribution in [3.63, 3.8) is 0 Å². The third-order valence-corrected chi connectivity index (χ3v) is 5.92. The third kappa shape index (κ3) is 4.70. The summed E-state index contributed by atoms with van der Waals surface area (Å²) >= 11 is 0. The first-order chi connectivity index (χ1) is 14.2. The Morgan fingerprint density at radius 2 is 1.86 bits per heavy atom. The number of methoxy groups -OCH3 is 1. The number of carbonyl (C=O) groups is 1. The highest BCUT2D eigenvalue weighted by Gasteiger charge is 2.36. The molecule has 154 valence electrons. The maximum atomic E-state index is 13.2. The molecule has 4 rings (SSSR count). The number of quaternary nitrogens is 1. The molecule has 3 heterocycles. The Morgan fingerprint density at radius 1 is 1.14 bits per heavy atom. The van der Waals surface area contributed by atoms with Gasteiger partial charge < -0.3 is 14.1 Å². The Labute approximate surface area is 172 Å². The number of hydrazone groups is 1. The lowest BCUT2D eigenvalue weighted by Gasteiger charge is -2.25. The van der Waals surface area contributed by atoms with Crippen molar-refractivity contribution in [2.24, 2.45) is 5.10 Å². The molecule has 6 heteroatoms. The number of rotatable bonds is 5. The van der Waals surface area contributed by atoms with Gasteiger partial charge >= 0.3 is 0 Å². The van der Waals surface area contributed by atoms with Crippen molar-refractivity contribution in [3.8, 4) is 5.75 Å². The van der Waals surface area contributed by atoms with Gasteiger partial charge in [-0.2, -0.15) is 5.10 Å². The Hall–Kier alpha value is -2.60. The molecular formula is C23H30N3O3+. The first-order valence-corrected chi connectivity index (χ1v) is 10.7. The number of nitrogens with one attached hydrogen (secondary N) is 1. The summed E-state index contributed by atoms with van der Waals surface area (Å²) < 4.78 is 10.9. The number of hydrogen-bond donors (Lipinski definition) is 1. The molecule has 1 saturated heterocycles. The van der Waals surface area contributed by atoms with E-state index in [1.165, 1.54) is 37.0 Å². The molecule has 1 atom stereocenters. The van der Waals surface area contributed by atoms with Crippen LogP contribution < -0.4 is 9.64 Å². The maximum Gasteiger partial charge on any atom is 0.298 e. The van der Waals surface area contributed by atoms with E-state index in [1.807, 2.05) is 36.4 Å². The fraction of sp³-hybridized carbons (Fsp3) is 0.478. The zero-order valence-electron chi connectivity index (χ0n) is 17.1. The van der Waals surface area contributed by atoms with Crippen molar-refractivity contribution < 1.29 is 18.8 Å². The van der Waals surface area contributed by atoms with E-state index < -0.39 is 0 Å². The standard InChI is InChI=1S/C23H29N3O3/c1-28-19-11-9-18(10-12-19)20-16-21(22-8-7-15-29-22)26(24-20)23(27)17-25-13-5-3-2-4-6-14-25/h7-12,15,21H,2-6,13-14,16-17H2,1H3/p+1/t21-/m0/s1. The minimum absolute atomic E-state index is 0.0745. The lowest BCUT2D eigenvalue weighted by molar-refractivity contribution is -0.893. The van der Waals surface area contributed by atoms with Crippen LogP contribution in [0, 0.1) is 0 Å². The van der Waals surface area contributed by atoms with Crippen molar-refractivity contribution in [1.82, 2.24) is 5.01 Å². The van der Waals surface area contributed by atoms with Crippen LogP contribution in [0.15, 0.2) is 52.2 Å². The van der Waals surface area contributed by atoms with E-state index >= 15 is 0 Å². The normalized spacial score (nSPS) is 20.8. The van der Waals surface area contributed by atoms with Gasteiger partial charge in [0.25, 0.3) is 5.91 Å². The van der Waals surface area contributed by atoms with Crippen LogP contribution in [0.25, 0.3) is 0 Å². The second-order valence-corrected chi connectivity index (χ2v) is 7.94. The number of amides is 1. The Morgan fingerprint density at radius 3 is 2.52 bits per heavy atom. The molecule has 1 aromatic heterocycles. The number of benzene rings is 1. The molecule has 29 heavy (non-hydrogen) atoms. The fourth-order valence-electron chi connectivity index (χ4n) is 4.28. The van der Waals surface area contributed by atoms with E-state index in [-0.39, 0.29) is 11.9 Å². The second-order valence-electron chi connectivity index (χ2n) is 7.94. The van der Waals surface area contributed by atoms with E-state index in [0.717, 1.165) is 35.9 Å². The van der Waals surface area contributed by atoms with Crippen LogP contribution in [0.1, 0.15) is 55.9 Å². The molecule has 6 nitrogen and oxygen atoms in total. The lowest BCUT2D eigenvalue weighted by atomic mass is 10.0. The van der Waals surface area contributed by atoms with Gasteiger partial charge in [0.1, 0.15) is 17.6 Å². The van der Waals surface area contributed by atoms with Gasteiger partial charge in [-0.05, 0) is 67.6 Å². The average molecular weight is 397 g/mol. The van der Waals surface area contributed by atoms with Crippen LogP contribution in [0.4, 0.5) is 0 Å². The van der Waals surface area contributed by atoms with E-state index in [2.05, 4.69) is 0 Å². The summed E-state index contributed by atoms with van der Waals surface area (Å²) in [5.41, 5.74) is 1.92. The van der Waals surface area contributed by atoms with Crippen molar-refractivity contribution in [3.05, 3.63) is 54.0 Å². The number of likely N-dealkylation sites (tertiary alicyclic amines) is 1. The smallest absolute Gasteiger partial charge is 0.298 e. The predicted molar refractivity (Wildman–Crippen MR) is 111 cm³/mol. The van der Waals surface area contributed by atoms with Gasteiger partial charge in [0.15, 0.2) is 6.54 Å². The molecule has 2 aromatic rings. The molecule has 0 bridgehead atoms. The summed E-state index contributed by atoms with van der Waals surface area (Å²) in [7, 11) is 1.66. The van der Waals surface area contributed by atoms with E-state index in [1.54, 1.807) is 18.4 Å². The fourth-order valence-corrected chi connectivity index (χ4v) is 4.28. The van der Waals surface area contributed by atoms with Crippen molar-refractivity contribution >= 4 is 11.6 Å². The molecule has 1 fully saturated rings. The van der Waals surface area contributed by atoms with Crippen LogP contribution in [0.2, 0.25) is 0 Å². The largest absolute Gasteiger partial charge is 0.497 e. The molecule has 0 radical (unpaired) electrons. The van der Waals surface area contributed by atoms with Gasteiger partial charge in [-0.1, -0.05) is 6.42 Å². The van der Waals surface area contributed by atoms with Gasteiger partial charge in [-0.15, -0.1) is 0 Å². The van der Waals surface area contributed by atoms with Crippen LogP contribution in [-0.2, 0) is 4.79 Å². The van der Waals surface area contributed by atoms with Crippen molar-refractivity contribution in [1.29, 1.82) is 0 Å². The first kappa shape index (κ1) is 19.7. The van der Waals surface area contributed by atoms with Gasteiger partial charge in [-0.3, -0.25) is 4.79 Å². The number of furan rings is 1. The molecule has 0 aliphatic carbocycles. The van der Waals surface area contributed by atoms with Crippen LogP contribution >= 0.6 is 0 Å². The van der Waals surface area contributed by atoms with E-state index in [0.29, 0.717) is 13.0 Å². The highest BCUT2D eigenvalue weighted by molar-refractivity contribution is 6.03. The molecule has 2 aliphatic heterocycles. The summed E-state index contributed by atoms with van der Waals surface area (Å²) in [6.45, 7) is 2.64. The summed E-state index contributed by atoms with van der Waals surface area (Å²) in [4.78, 5) is 14.6. The zero-order chi connectivity index (χ0) is 20.1. The average Bonchev–Trinajstić information content (AvgIpc) is 3.39. The highest BCUT2D eigenvalue weighted by Crippen LogP contribution is 2.33. The minimum Gasteiger partial charge on any atom is -0.497 e. The molecule has 1 N–H and O–H groups in total. The maximum absolute atomic E-state index is 13.2. The predicted octanol–water partition coefficient (Wildman–Crippen LogP) is 2.81. The Kier molecular flexibility index (Phi) is 6.30. The van der Waals surface area contributed by atoms with Crippen molar-refractivity contribution in [2.75, 3.05) is 26.7 Å². The summed E-state index contributed by atoms with van der Waals surface area (Å²) in [5.74, 6) is 1.67. The van der Waals surface area contributed by atoms with Crippen LogP contribution in [0.3, 0.4) is 0 Å². The Balaban J connectivity index is 1.53. The summed E-state index contributed by atoms with van der Waals surface area (Å²) in [6, 6.07) is 11.5. The quantitative estimate of drug-likeness (QED) is 0.846. The number of nitrogens with zero attached hydrogens (tertiary/aromatic N) is 2. The molecule has 0 spiro atoms. The Bertz CT molecular complexity index is 822. The summed E-state index contributed by atoms with van der Waals surface area (Å²) in [6.07, 6.45) is 8.58. The molecule has 2 aliphatic rings. The van der Waals surface area contributed by atoms with Crippen LogP contribution in [0.5, 0.6) is 5.75 Å².